The molecule has 0 radical (unpaired) electrons. The van der Waals surface area contributed by atoms with E-state index in [9.17, 15) is 9.18 Å². The van der Waals surface area contributed by atoms with Crippen LogP contribution in [0.2, 0.25) is 0 Å². The van der Waals surface area contributed by atoms with Crippen LogP contribution < -0.4 is 9.64 Å². The maximum Gasteiger partial charge on any atom is 0.263 e. The lowest BCUT2D eigenvalue weighted by atomic mass is 10.1. The summed E-state index contributed by atoms with van der Waals surface area (Å²) in [5.41, 5.74) is 0.757. The van der Waals surface area contributed by atoms with E-state index < -0.39 is 0 Å². The maximum absolute atomic E-state index is 14.1. The first-order chi connectivity index (χ1) is 13.6. The number of carbonyl (C=O) groups is 1. The zero-order valence-electron chi connectivity index (χ0n) is 16.7. The molecule has 0 spiro atoms. The molecule has 0 aliphatic heterocycles. The number of hydrogen-bond acceptors (Lipinski definition) is 5. The Bertz CT molecular complexity index is 962. The van der Waals surface area contributed by atoms with Crippen LogP contribution >= 0.6 is 23.7 Å². The van der Waals surface area contributed by atoms with Crippen molar-refractivity contribution in [1.29, 1.82) is 0 Å². The van der Waals surface area contributed by atoms with E-state index in [0.29, 0.717) is 35.1 Å². The third kappa shape index (κ3) is 5.04. The summed E-state index contributed by atoms with van der Waals surface area (Å²) >= 11 is 1.32. The molecule has 8 heteroatoms. The van der Waals surface area contributed by atoms with Gasteiger partial charge >= 0.3 is 0 Å². The van der Waals surface area contributed by atoms with E-state index in [1.165, 1.54) is 17.4 Å². The van der Waals surface area contributed by atoms with E-state index in [0.717, 1.165) is 17.8 Å². The van der Waals surface area contributed by atoms with Crippen LogP contribution in [0, 0.1) is 5.82 Å². The SMILES string of the molecule is CCN(CC)CCN(C(=O)c1ccccc1OC)c1nc2c(F)cccc2s1.Cl. The molecule has 0 bridgehead atoms. The number of amides is 1. The number of likely N-dealkylation sites (N-methyl/N-ethyl adjacent to an activating group) is 1. The van der Waals surface area contributed by atoms with Crippen molar-refractivity contribution in [3.8, 4) is 5.75 Å². The molecule has 1 aromatic heterocycles. The number of carbonyl (C=O) groups excluding carboxylic acids is 1. The van der Waals surface area contributed by atoms with Crippen LogP contribution in [-0.2, 0) is 0 Å². The fourth-order valence-corrected chi connectivity index (χ4v) is 4.06. The number of anilines is 1. The molecule has 0 unspecified atom stereocenters. The topological polar surface area (TPSA) is 45.7 Å². The van der Waals surface area contributed by atoms with Crippen LogP contribution in [-0.4, -0.2) is 49.1 Å². The minimum atomic E-state index is -0.381. The zero-order valence-corrected chi connectivity index (χ0v) is 18.4. The predicted molar refractivity (Wildman–Crippen MR) is 119 cm³/mol. The highest BCUT2D eigenvalue weighted by molar-refractivity contribution is 7.22. The predicted octanol–water partition coefficient (Wildman–Crippen LogP) is 4.85. The van der Waals surface area contributed by atoms with Gasteiger partial charge in [0.1, 0.15) is 17.1 Å². The molecule has 1 amide bonds. The van der Waals surface area contributed by atoms with Gasteiger partial charge in [-0.15, -0.1) is 12.4 Å². The minimum Gasteiger partial charge on any atom is -0.496 e. The summed E-state index contributed by atoms with van der Waals surface area (Å²) in [5, 5.41) is 0.489. The number of rotatable bonds is 8. The van der Waals surface area contributed by atoms with Crippen molar-refractivity contribution >= 4 is 45.0 Å². The van der Waals surface area contributed by atoms with Gasteiger partial charge in [-0.25, -0.2) is 9.37 Å². The van der Waals surface area contributed by atoms with Crippen LogP contribution in [0.15, 0.2) is 42.5 Å². The normalized spacial score (nSPS) is 10.8. The molecule has 29 heavy (non-hydrogen) atoms. The summed E-state index contributed by atoms with van der Waals surface area (Å²) in [6, 6.07) is 12.0. The van der Waals surface area contributed by atoms with Gasteiger partial charge in [0, 0.05) is 13.1 Å². The Labute approximate surface area is 180 Å². The number of ether oxygens (including phenoxy) is 1. The van der Waals surface area contributed by atoms with E-state index in [2.05, 4.69) is 23.7 Å². The summed E-state index contributed by atoms with van der Waals surface area (Å²) in [7, 11) is 1.54. The van der Waals surface area contributed by atoms with Gasteiger partial charge in [0.05, 0.1) is 17.4 Å². The van der Waals surface area contributed by atoms with Gasteiger partial charge in [-0.05, 0) is 37.4 Å². The Balaban J connectivity index is 0.00000300. The van der Waals surface area contributed by atoms with Crippen molar-refractivity contribution in [2.24, 2.45) is 0 Å². The van der Waals surface area contributed by atoms with Crippen molar-refractivity contribution in [2.75, 3.05) is 38.2 Å². The van der Waals surface area contributed by atoms with Crippen molar-refractivity contribution in [3.63, 3.8) is 0 Å². The van der Waals surface area contributed by atoms with E-state index in [4.69, 9.17) is 4.74 Å². The number of halogens is 2. The average molecular weight is 438 g/mol. The molecule has 0 aliphatic rings. The van der Waals surface area contributed by atoms with Gasteiger partial charge < -0.3 is 9.64 Å². The highest BCUT2D eigenvalue weighted by Crippen LogP contribution is 2.32. The summed E-state index contributed by atoms with van der Waals surface area (Å²) in [6.07, 6.45) is 0. The molecular weight excluding hydrogens is 413 g/mol. The number of para-hydroxylation sites is 2. The van der Waals surface area contributed by atoms with Crippen LogP contribution in [0.1, 0.15) is 24.2 Å². The maximum atomic E-state index is 14.1. The molecule has 0 fully saturated rings. The van der Waals surface area contributed by atoms with Crippen molar-refractivity contribution in [2.45, 2.75) is 13.8 Å². The van der Waals surface area contributed by atoms with Crippen molar-refractivity contribution < 1.29 is 13.9 Å². The molecular formula is C21H25ClFN3O2S. The van der Waals surface area contributed by atoms with E-state index in [1.54, 1.807) is 36.3 Å². The lowest BCUT2D eigenvalue weighted by Crippen LogP contribution is -2.39. The molecule has 1 heterocycles. The molecule has 0 aliphatic carbocycles. The summed E-state index contributed by atoms with van der Waals surface area (Å²) in [6.45, 7) is 7.11. The van der Waals surface area contributed by atoms with E-state index in [1.807, 2.05) is 12.1 Å². The third-order valence-corrected chi connectivity index (χ3v) is 5.75. The smallest absolute Gasteiger partial charge is 0.263 e. The molecule has 2 aromatic carbocycles. The first kappa shape index (κ1) is 23.1. The number of methoxy groups -OCH3 is 1. The van der Waals surface area contributed by atoms with E-state index in [-0.39, 0.29) is 24.1 Å². The van der Waals surface area contributed by atoms with Crippen molar-refractivity contribution in [3.05, 3.63) is 53.8 Å². The second-order valence-electron chi connectivity index (χ2n) is 6.27. The zero-order chi connectivity index (χ0) is 20.1. The first-order valence-corrected chi connectivity index (χ1v) is 10.1. The molecule has 156 valence electrons. The average Bonchev–Trinajstić information content (AvgIpc) is 3.16. The van der Waals surface area contributed by atoms with Crippen LogP contribution in [0.4, 0.5) is 9.52 Å². The molecule has 0 atom stereocenters. The number of hydrogen-bond donors (Lipinski definition) is 0. The van der Waals surface area contributed by atoms with Crippen LogP contribution in [0.5, 0.6) is 5.75 Å². The Morgan fingerprint density at radius 3 is 2.48 bits per heavy atom. The van der Waals surface area contributed by atoms with Gasteiger partial charge in [-0.1, -0.05) is 43.4 Å². The molecule has 3 aromatic rings. The Morgan fingerprint density at radius 2 is 1.83 bits per heavy atom. The Morgan fingerprint density at radius 1 is 1.10 bits per heavy atom. The van der Waals surface area contributed by atoms with Gasteiger partial charge in [0.25, 0.3) is 5.91 Å². The van der Waals surface area contributed by atoms with Gasteiger partial charge in [0.15, 0.2) is 5.13 Å². The fraction of sp³-hybridized carbons (Fsp3) is 0.333. The molecule has 0 saturated heterocycles. The largest absolute Gasteiger partial charge is 0.496 e. The number of fused-ring (bicyclic) bond motifs is 1. The monoisotopic (exact) mass is 437 g/mol. The molecule has 5 nitrogen and oxygen atoms in total. The first-order valence-electron chi connectivity index (χ1n) is 9.31. The number of nitrogens with zero attached hydrogens (tertiary/aromatic N) is 3. The molecule has 3 rings (SSSR count). The standard InChI is InChI=1S/C21H24FN3O2S.ClH/c1-4-24(5-2)13-14-25(20(26)15-9-6-7-11-17(15)27-3)21-23-19-16(22)10-8-12-18(19)28-21;/h6-12H,4-5,13-14H2,1-3H3;1H. The molecule has 0 saturated carbocycles. The summed E-state index contributed by atoms with van der Waals surface area (Å²) < 4.78 is 20.2. The van der Waals surface area contributed by atoms with Gasteiger partial charge in [0.2, 0.25) is 0 Å². The van der Waals surface area contributed by atoms with Gasteiger partial charge in [-0.3, -0.25) is 9.69 Å². The number of aromatic nitrogens is 1. The van der Waals surface area contributed by atoms with Crippen LogP contribution in [0.3, 0.4) is 0 Å². The summed E-state index contributed by atoms with van der Waals surface area (Å²) in [5.74, 6) is -0.0786. The second kappa shape index (κ2) is 10.5. The Hall–Kier alpha value is -2.22. The summed E-state index contributed by atoms with van der Waals surface area (Å²) in [4.78, 5) is 21.7. The number of benzene rings is 2. The number of thiazole rings is 1. The lowest BCUT2D eigenvalue weighted by molar-refractivity contribution is 0.0981. The fourth-order valence-electron chi connectivity index (χ4n) is 3.05. The minimum absolute atomic E-state index is 0. The Kier molecular flexibility index (Phi) is 8.37. The quantitative estimate of drug-likeness (QED) is 0.505. The third-order valence-electron chi connectivity index (χ3n) is 4.71. The second-order valence-corrected chi connectivity index (χ2v) is 7.28. The van der Waals surface area contributed by atoms with Crippen molar-refractivity contribution in [1.82, 2.24) is 9.88 Å². The molecule has 0 N–H and O–H groups in total. The highest BCUT2D eigenvalue weighted by atomic mass is 35.5. The highest BCUT2D eigenvalue weighted by Gasteiger charge is 2.24. The van der Waals surface area contributed by atoms with Gasteiger partial charge in [-0.2, -0.15) is 0 Å². The lowest BCUT2D eigenvalue weighted by Gasteiger charge is -2.25. The van der Waals surface area contributed by atoms with Crippen LogP contribution in [0.25, 0.3) is 10.2 Å². The van der Waals surface area contributed by atoms with E-state index >= 15 is 0 Å².